The van der Waals surface area contributed by atoms with Crippen molar-refractivity contribution in [3.8, 4) is 11.5 Å². The van der Waals surface area contributed by atoms with E-state index in [1.54, 1.807) is 18.2 Å². The zero-order chi connectivity index (χ0) is 14.0. The smallest absolute Gasteiger partial charge is 0.258 e. The van der Waals surface area contributed by atoms with Crippen LogP contribution in [0.2, 0.25) is 10.0 Å². The highest BCUT2D eigenvalue weighted by Gasteiger charge is 2.16. The normalized spacial score (nSPS) is 12.9. The molecule has 0 aliphatic rings. The Labute approximate surface area is 121 Å². The predicted octanol–water partition coefficient (Wildman–Crippen LogP) is 2.60. The van der Waals surface area contributed by atoms with Crippen molar-refractivity contribution in [1.82, 2.24) is 15.0 Å². The molecule has 2 rings (SSSR count). The molecule has 1 heterocycles. The molecule has 19 heavy (non-hydrogen) atoms. The molecule has 7 heteroatoms. The molecule has 0 aliphatic carbocycles. The summed E-state index contributed by atoms with van der Waals surface area (Å²) in [5.41, 5.74) is 6.64. The Bertz CT molecular complexity index is 550. The highest BCUT2D eigenvalue weighted by atomic mass is 35.5. The van der Waals surface area contributed by atoms with E-state index in [-0.39, 0.29) is 6.04 Å². The Morgan fingerprint density at radius 3 is 2.47 bits per heavy atom. The summed E-state index contributed by atoms with van der Waals surface area (Å²) in [4.78, 5) is 6.22. The van der Waals surface area contributed by atoms with Crippen molar-refractivity contribution in [3.05, 3.63) is 34.1 Å². The Balaban J connectivity index is 2.25. The first-order valence-electron chi connectivity index (χ1n) is 5.66. The molecule has 5 nitrogen and oxygen atoms in total. The van der Waals surface area contributed by atoms with Gasteiger partial charge in [-0.05, 0) is 32.3 Å². The third-order valence-electron chi connectivity index (χ3n) is 2.44. The zero-order valence-electron chi connectivity index (χ0n) is 10.6. The van der Waals surface area contributed by atoms with Gasteiger partial charge in [0, 0.05) is 22.2 Å². The molecule has 1 atom stereocenters. The molecule has 1 aromatic heterocycles. The van der Waals surface area contributed by atoms with Crippen LogP contribution in [0.5, 0.6) is 0 Å². The number of likely N-dealkylation sites (N-methyl/N-ethyl adjacent to an activating group) is 1. The number of rotatable bonds is 4. The van der Waals surface area contributed by atoms with Crippen LogP contribution in [0.3, 0.4) is 0 Å². The molecule has 102 valence electrons. The van der Waals surface area contributed by atoms with Gasteiger partial charge < -0.3 is 15.2 Å². The molecule has 0 spiro atoms. The number of hydrogen-bond acceptors (Lipinski definition) is 5. The monoisotopic (exact) mass is 300 g/mol. The highest BCUT2D eigenvalue weighted by molar-refractivity contribution is 6.35. The first-order chi connectivity index (χ1) is 8.95. The molecule has 0 saturated heterocycles. The quantitative estimate of drug-likeness (QED) is 0.940. The van der Waals surface area contributed by atoms with E-state index in [4.69, 9.17) is 33.5 Å². The van der Waals surface area contributed by atoms with Crippen molar-refractivity contribution in [3.63, 3.8) is 0 Å². The fraction of sp³-hybridized carbons (Fsp3) is 0.333. The third-order valence-corrected chi connectivity index (χ3v) is 2.88. The molecule has 1 aromatic carbocycles. The minimum Gasteiger partial charge on any atom is -0.334 e. The van der Waals surface area contributed by atoms with E-state index in [0.29, 0.717) is 33.9 Å². The van der Waals surface area contributed by atoms with Gasteiger partial charge in [0.05, 0.1) is 6.04 Å². The van der Waals surface area contributed by atoms with E-state index < -0.39 is 0 Å². The minimum absolute atomic E-state index is 0.304. The van der Waals surface area contributed by atoms with Gasteiger partial charge in [0.1, 0.15) is 0 Å². The van der Waals surface area contributed by atoms with E-state index >= 15 is 0 Å². The molecule has 1 unspecified atom stereocenters. The standard InChI is InChI=1S/C12H14Cl2N4O/c1-18(2)6-10(15)11-16-12(19-17-11)7-3-8(13)5-9(14)4-7/h3-5,10H,6,15H2,1-2H3. The lowest BCUT2D eigenvalue weighted by atomic mass is 10.2. The fourth-order valence-corrected chi connectivity index (χ4v) is 2.18. The third kappa shape index (κ3) is 3.67. The first kappa shape index (κ1) is 14.3. The Hall–Kier alpha value is -1.14. The number of benzene rings is 1. The number of aromatic nitrogens is 2. The van der Waals surface area contributed by atoms with Gasteiger partial charge in [0.25, 0.3) is 5.89 Å². The zero-order valence-corrected chi connectivity index (χ0v) is 12.1. The maximum absolute atomic E-state index is 5.97. The summed E-state index contributed by atoms with van der Waals surface area (Å²) in [6, 6.07) is 4.76. The average molecular weight is 301 g/mol. The summed E-state index contributed by atoms with van der Waals surface area (Å²) in [6.07, 6.45) is 0. The molecule has 0 saturated carbocycles. The molecule has 2 aromatic rings. The van der Waals surface area contributed by atoms with Crippen LogP contribution in [0.15, 0.2) is 22.7 Å². The highest BCUT2D eigenvalue weighted by Crippen LogP contribution is 2.26. The van der Waals surface area contributed by atoms with Gasteiger partial charge in [-0.1, -0.05) is 28.4 Å². The summed E-state index contributed by atoms with van der Waals surface area (Å²) in [5, 5.41) is 4.91. The molecular formula is C12H14Cl2N4O. The summed E-state index contributed by atoms with van der Waals surface area (Å²) in [6.45, 7) is 0.634. The van der Waals surface area contributed by atoms with Crippen molar-refractivity contribution in [2.45, 2.75) is 6.04 Å². The Kier molecular flexibility index (Phi) is 4.42. The van der Waals surface area contributed by atoms with E-state index in [1.165, 1.54) is 0 Å². The van der Waals surface area contributed by atoms with Crippen molar-refractivity contribution >= 4 is 23.2 Å². The number of nitrogens with two attached hydrogens (primary N) is 1. The molecule has 2 N–H and O–H groups in total. The topological polar surface area (TPSA) is 68.2 Å². The SMILES string of the molecule is CN(C)CC(N)c1noc(-c2cc(Cl)cc(Cl)c2)n1. The molecule has 0 aliphatic heterocycles. The summed E-state index contributed by atoms with van der Waals surface area (Å²) in [5.74, 6) is 0.813. The lowest BCUT2D eigenvalue weighted by Gasteiger charge is -2.12. The maximum atomic E-state index is 5.97. The van der Waals surface area contributed by atoms with Crippen LogP contribution in [-0.4, -0.2) is 35.7 Å². The van der Waals surface area contributed by atoms with Gasteiger partial charge in [-0.15, -0.1) is 0 Å². The second-order valence-corrected chi connectivity index (χ2v) is 5.36. The van der Waals surface area contributed by atoms with Crippen LogP contribution in [0.1, 0.15) is 11.9 Å². The van der Waals surface area contributed by atoms with Gasteiger partial charge >= 0.3 is 0 Å². The van der Waals surface area contributed by atoms with Crippen LogP contribution in [0.25, 0.3) is 11.5 Å². The molecule has 0 radical (unpaired) electrons. The number of nitrogens with zero attached hydrogens (tertiary/aromatic N) is 3. The second-order valence-electron chi connectivity index (χ2n) is 4.48. The Morgan fingerprint density at radius 2 is 1.89 bits per heavy atom. The average Bonchev–Trinajstić information content (AvgIpc) is 2.75. The van der Waals surface area contributed by atoms with Gasteiger partial charge in [-0.25, -0.2) is 0 Å². The predicted molar refractivity (Wildman–Crippen MR) is 75.2 cm³/mol. The van der Waals surface area contributed by atoms with Crippen LogP contribution in [0.4, 0.5) is 0 Å². The van der Waals surface area contributed by atoms with Crippen LogP contribution in [0, 0.1) is 0 Å². The maximum Gasteiger partial charge on any atom is 0.258 e. The fourth-order valence-electron chi connectivity index (χ4n) is 1.66. The van der Waals surface area contributed by atoms with Crippen molar-refractivity contribution in [2.24, 2.45) is 5.73 Å². The van der Waals surface area contributed by atoms with Crippen molar-refractivity contribution < 1.29 is 4.52 Å². The van der Waals surface area contributed by atoms with E-state index in [1.807, 2.05) is 19.0 Å². The van der Waals surface area contributed by atoms with Gasteiger partial charge in [-0.2, -0.15) is 4.98 Å². The molecular weight excluding hydrogens is 287 g/mol. The van der Waals surface area contributed by atoms with Crippen molar-refractivity contribution in [1.29, 1.82) is 0 Å². The lowest BCUT2D eigenvalue weighted by Crippen LogP contribution is -2.26. The number of hydrogen-bond donors (Lipinski definition) is 1. The summed E-state index contributed by atoms with van der Waals surface area (Å²) >= 11 is 11.9. The van der Waals surface area contributed by atoms with Crippen LogP contribution < -0.4 is 5.73 Å². The van der Waals surface area contributed by atoms with E-state index in [9.17, 15) is 0 Å². The number of halogens is 2. The molecule has 0 amide bonds. The van der Waals surface area contributed by atoms with E-state index in [2.05, 4.69) is 10.1 Å². The first-order valence-corrected chi connectivity index (χ1v) is 6.41. The van der Waals surface area contributed by atoms with Gasteiger partial charge in [0.2, 0.25) is 0 Å². The molecule has 0 bridgehead atoms. The Morgan fingerprint density at radius 1 is 1.26 bits per heavy atom. The van der Waals surface area contributed by atoms with Crippen LogP contribution >= 0.6 is 23.2 Å². The summed E-state index contributed by atoms with van der Waals surface area (Å²) in [7, 11) is 3.86. The summed E-state index contributed by atoms with van der Waals surface area (Å²) < 4.78 is 5.19. The minimum atomic E-state index is -0.304. The molecule has 0 fully saturated rings. The van der Waals surface area contributed by atoms with Gasteiger partial charge in [-0.3, -0.25) is 0 Å². The second kappa shape index (κ2) is 5.88. The lowest BCUT2D eigenvalue weighted by molar-refractivity contribution is 0.357. The van der Waals surface area contributed by atoms with Crippen LogP contribution in [-0.2, 0) is 0 Å². The largest absolute Gasteiger partial charge is 0.334 e. The van der Waals surface area contributed by atoms with Gasteiger partial charge in [0.15, 0.2) is 5.82 Å². The van der Waals surface area contributed by atoms with E-state index in [0.717, 1.165) is 0 Å². The van der Waals surface area contributed by atoms with Crippen molar-refractivity contribution in [2.75, 3.05) is 20.6 Å².